The van der Waals surface area contributed by atoms with Crippen LogP contribution in [0.25, 0.3) is 10.4 Å². The highest BCUT2D eigenvalue weighted by Gasteiger charge is 2.47. The molecule has 1 aromatic heterocycles. The second-order valence-electron chi connectivity index (χ2n) is 4.06. The molecule has 1 fully saturated rings. The zero-order valence-corrected chi connectivity index (χ0v) is 9.68. The lowest BCUT2D eigenvalue weighted by atomic mass is 10.1. The number of hydrogen-bond donors (Lipinski definition) is 2. The molecular formula is C9H11FN6O3. The normalized spacial score (nSPS) is 30.0. The maximum Gasteiger partial charge on any atom is 0.351 e. The van der Waals surface area contributed by atoms with Crippen LogP contribution in [0.1, 0.15) is 12.6 Å². The first kappa shape index (κ1) is 13.3. The van der Waals surface area contributed by atoms with Gasteiger partial charge in [-0.3, -0.25) is 4.57 Å². The molecule has 2 rings (SSSR count). The van der Waals surface area contributed by atoms with E-state index >= 15 is 0 Å². The van der Waals surface area contributed by atoms with E-state index in [0.717, 1.165) is 4.57 Å². The topological polar surface area (TPSA) is 139 Å². The minimum absolute atomic E-state index is 0.00174. The van der Waals surface area contributed by atoms with Crippen molar-refractivity contribution in [2.75, 3.05) is 12.3 Å². The van der Waals surface area contributed by atoms with E-state index in [1.165, 1.54) is 12.3 Å². The van der Waals surface area contributed by atoms with Crippen molar-refractivity contribution in [3.05, 3.63) is 33.2 Å². The minimum atomic E-state index is -1.71. The number of nitrogens with two attached hydrogens (primary N) is 1. The maximum absolute atomic E-state index is 13.9. The molecule has 10 heteroatoms. The van der Waals surface area contributed by atoms with Gasteiger partial charge in [0, 0.05) is 17.5 Å². The van der Waals surface area contributed by atoms with Crippen LogP contribution in [0.5, 0.6) is 0 Å². The Morgan fingerprint density at radius 3 is 3.16 bits per heavy atom. The van der Waals surface area contributed by atoms with E-state index in [2.05, 4.69) is 15.0 Å². The van der Waals surface area contributed by atoms with Gasteiger partial charge < -0.3 is 15.6 Å². The molecule has 102 valence electrons. The molecule has 19 heavy (non-hydrogen) atoms. The second kappa shape index (κ2) is 4.84. The molecule has 9 nitrogen and oxygen atoms in total. The monoisotopic (exact) mass is 270 g/mol. The quantitative estimate of drug-likeness (QED) is 0.454. The number of aromatic nitrogens is 2. The van der Waals surface area contributed by atoms with E-state index in [4.69, 9.17) is 21.1 Å². The molecule has 0 saturated carbocycles. The highest BCUT2D eigenvalue weighted by Crippen LogP contribution is 2.38. The van der Waals surface area contributed by atoms with Crippen LogP contribution in [0.4, 0.5) is 10.2 Å². The van der Waals surface area contributed by atoms with Gasteiger partial charge in [-0.1, -0.05) is 5.11 Å². The number of nitrogen functional groups attached to an aromatic ring is 1. The van der Waals surface area contributed by atoms with Crippen LogP contribution in [0, 0.1) is 0 Å². The van der Waals surface area contributed by atoms with Gasteiger partial charge in [-0.05, 0) is 11.6 Å². The van der Waals surface area contributed by atoms with E-state index < -0.39 is 30.4 Å². The largest absolute Gasteiger partial charge is 0.393 e. The van der Waals surface area contributed by atoms with Gasteiger partial charge in [0.25, 0.3) is 0 Å². The Labute approximate surface area is 106 Å². The molecule has 2 heterocycles. The Bertz CT molecular complexity index is 586. The molecule has 1 aliphatic heterocycles. The van der Waals surface area contributed by atoms with Crippen LogP contribution in [-0.2, 0) is 4.74 Å². The second-order valence-corrected chi connectivity index (χ2v) is 4.06. The van der Waals surface area contributed by atoms with E-state index in [1.807, 2.05) is 0 Å². The fraction of sp³-hybridized carbons (Fsp3) is 0.556. The van der Waals surface area contributed by atoms with Crippen LogP contribution in [0.2, 0.25) is 0 Å². The van der Waals surface area contributed by atoms with E-state index in [1.54, 1.807) is 0 Å². The van der Waals surface area contributed by atoms with Crippen molar-refractivity contribution in [2.24, 2.45) is 5.11 Å². The van der Waals surface area contributed by atoms with Crippen molar-refractivity contribution in [1.82, 2.24) is 9.55 Å². The molecule has 1 aromatic rings. The summed E-state index contributed by atoms with van der Waals surface area (Å²) in [5, 5.41) is 12.4. The number of nitrogens with zero attached hydrogens (tertiary/aromatic N) is 5. The molecule has 0 aliphatic carbocycles. The van der Waals surface area contributed by atoms with E-state index in [-0.39, 0.29) is 12.2 Å². The minimum Gasteiger partial charge on any atom is -0.393 e. The van der Waals surface area contributed by atoms with Crippen LogP contribution < -0.4 is 11.4 Å². The number of ether oxygens (including phenoxy) is 1. The molecule has 3 atom stereocenters. The van der Waals surface area contributed by atoms with Crippen LogP contribution in [-0.4, -0.2) is 33.2 Å². The Kier molecular flexibility index (Phi) is 3.38. The summed E-state index contributed by atoms with van der Waals surface area (Å²) in [5.41, 5.74) is 11.2. The van der Waals surface area contributed by atoms with E-state index in [0.29, 0.717) is 0 Å². The highest BCUT2D eigenvalue weighted by atomic mass is 19.1. The molecule has 3 N–H and O–H groups in total. The summed E-state index contributed by atoms with van der Waals surface area (Å²) >= 11 is 0. The number of anilines is 1. The summed E-state index contributed by atoms with van der Waals surface area (Å²) < 4.78 is 20.0. The Hall–Kier alpha value is -2.16. The number of azide groups is 1. The van der Waals surface area contributed by atoms with Crippen LogP contribution in [0.15, 0.2) is 22.2 Å². The number of aliphatic hydroxyl groups is 1. The first-order valence-electron chi connectivity index (χ1n) is 5.35. The zero-order valence-electron chi connectivity index (χ0n) is 9.68. The molecule has 0 bridgehead atoms. The predicted molar refractivity (Wildman–Crippen MR) is 61.5 cm³/mol. The highest BCUT2D eigenvalue weighted by molar-refractivity contribution is 5.23. The average molecular weight is 270 g/mol. The smallest absolute Gasteiger partial charge is 0.351 e. The average Bonchev–Trinajstić information content (AvgIpc) is 2.68. The molecule has 0 spiro atoms. The summed E-state index contributed by atoms with van der Waals surface area (Å²) in [4.78, 5) is 17.5. The van der Waals surface area contributed by atoms with Crippen molar-refractivity contribution in [1.29, 1.82) is 0 Å². The SMILES string of the molecule is [N-]=[N+]=N[C@@]1(CO)C[C@H](F)[C@H](n2ccc(N)nc2=O)O1. The fourth-order valence-electron chi connectivity index (χ4n) is 1.88. The van der Waals surface area contributed by atoms with Gasteiger partial charge in [0.05, 0.1) is 6.61 Å². The van der Waals surface area contributed by atoms with Crippen molar-refractivity contribution in [2.45, 2.75) is 24.5 Å². The summed E-state index contributed by atoms with van der Waals surface area (Å²) in [7, 11) is 0. The number of aliphatic hydroxyl groups excluding tert-OH is 1. The Morgan fingerprint density at radius 2 is 2.58 bits per heavy atom. The number of halogens is 1. The third kappa shape index (κ3) is 2.36. The summed E-state index contributed by atoms with van der Waals surface area (Å²) in [6, 6.07) is 1.31. The van der Waals surface area contributed by atoms with Gasteiger partial charge in [0.2, 0.25) is 0 Å². The number of rotatable bonds is 3. The maximum atomic E-state index is 13.9. The molecule has 0 radical (unpaired) electrons. The number of alkyl halides is 1. The molecular weight excluding hydrogens is 259 g/mol. The zero-order chi connectivity index (χ0) is 14.0. The molecule has 0 unspecified atom stereocenters. The molecule has 0 aromatic carbocycles. The summed E-state index contributed by atoms with van der Waals surface area (Å²) in [5.74, 6) is -0.00174. The third-order valence-electron chi connectivity index (χ3n) is 2.76. The lowest BCUT2D eigenvalue weighted by Gasteiger charge is -2.21. The lowest BCUT2D eigenvalue weighted by Crippen LogP contribution is -2.33. The first-order valence-corrected chi connectivity index (χ1v) is 5.35. The van der Waals surface area contributed by atoms with Crippen LogP contribution in [0.3, 0.4) is 0 Å². The molecule has 1 saturated heterocycles. The van der Waals surface area contributed by atoms with Gasteiger partial charge in [-0.2, -0.15) is 4.98 Å². The lowest BCUT2D eigenvalue weighted by molar-refractivity contribution is -0.101. The number of hydrogen-bond acceptors (Lipinski definition) is 6. The van der Waals surface area contributed by atoms with Crippen molar-refractivity contribution in [3.63, 3.8) is 0 Å². The Balaban J connectivity index is 2.37. The van der Waals surface area contributed by atoms with Crippen molar-refractivity contribution in [3.8, 4) is 0 Å². The van der Waals surface area contributed by atoms with Gasteiger partial charge in [-0.15, -0.1) is 0 Å². The van der Waals surface area contributed by atoms with Crippen molar-refractivity contribution < 1.29 is 14.2 Å². The van der Waals surface area contributed by atoms with Gasteiger partial charge in [-0.25, -0.2) is 9.18 Å². The third-order valence-corrected chi connectivity index (χ3v) is 2.76. The van der Waals surface area contributed by atoms with Gasteiger partial charge in [0.1, 0.15) is 12.0 Å². The van der Waals surface area contributed by atoms with Crippen molar-refractivity contribution >= 4 is 5.82 Å². The first-order chi connectivity index (χ1) is 9.01. The van der Waals surface area contributed by atoms with Crippen LogP contribution >= 0.6 is 0 Å². The summed E-state index contributed by atoms with van der Waals surface area (Å²) in [6.07, 6.45) is -2.07. The standard InChI is InChI=1S/C9H11FN6O3/c10-5-3-9(4-17,14-15-12)19-7(5)16-2-1-6(11)13-8(16)18/h1-2,5,7,17H,3-4H2,(H2,11,13,18)/t5-,7+,9-/m0/s1. The van der Waals surface area contributed by atoms with Gasteiger partial charge in [0.15, 0.2) is 12.0 Å². The van der Waals surface area contributed by atoms with Gasteiger partial charge >= 0.3 is 5.69 Å². The molecule has 1 aliphatic rings. The fourth-order valence-corrected chi connectivity index (χ4v) is 1.88. The summed E-state index contributed by atoms with van der Waals surface area (Å²) in [6.45, 7) is -0.689. The van der Waals surface area contributed by atoms with E-state index in [9.17, 15) is 9.18 Å². The Morgan fingerprint density at radius 1 is 1.84 bits per heavy atom. The predicted octanol–water partition coefficient (Wildman–Crippen LogP) is 0.0814. The molecule has 0 amide bonds.